The zero-order chi connectivity index (χ0) is 11.0. The van der Waals surface area contributed by atoms with Crippen LogP contribution in [0.5, 0.6) is 11.5 Å². The second-order valence-corrected chi connectivity index (χ2v) is 3.45. The van der Waals surface area contributed by atoms with Gasteiger partial charge in [0.1, 0.15) is 11.4 Å². The van der Waals surface area contributed by atoms with Crippen molar-refractivity contribution in [2.45, 2.75) is 13.3 Å². The number of phenols is 2. The molecule has 0 radical (unpaired) electrons. The number of carbonyl (C=O) groups excluding carboxylic acids is 1. The van der Waals surface area contributed by atoms with Gasteiger partial charge in [-0.1, -0.05) is 0 Å². The molecule has 1 aromatic heterocycles. The summed E-state index contributed by atoms with van der Waals surface area (Å²) in [5, 5.41) is 19.4. The van der Waals surface area contributed by atoms with Crippen molar-refractivity contribution >= 4 is 16.8 Å². The van der Waals surface area contributed by atoms with Crippen molar-refractivity contribution in [2.24, 2.45) is 0 Å². The maximum atomic E-state index is 11.0. The number of furan rings is 1. The van der Waals surface area contributed by atoms with Crippen molar-refractivity contribution in [3.05, 3.63) is 24.0 Å². The molecule has 2 N–H and O–H groups in total. The standard InChI is InChI=1S/C11H10O4/c1-6(12)4-7-5-9(13)10(14)8-2-3-15-11(7)8/h2-3,5,13-14H,4H2,1H3. The van der Waals surface area contributed by atoms with E-state index in [1.807, 2.05) is 0 Å². The summed E-state index contributed by atoms with van der Waals surface area (Å²) in [5.41, 5.74) is 1.03. The molecule has 0 aliphatic heterocycles. The first-order chi connectivity index (χ1) is 7.09. The number of fused-ring (bicyclic) bond motifs is 1. The summed E-state index contributed by atoms with van der Waals surface area (Å²) in [6, 6.07) is 2.90. The number of benzene rings is 1. The summed E-state index contributed by atoms with van der Waals surface area (Å²) in [7, 11) is 0. The zero-order valence-electron chi connectivity index (χ0n) is 8.15. The third kappa shape index (κ3) is 1.54. The van der Waals surface area contributed by atoms with Crippen LogP contribution in [0.2, 0.25) is 0 Å². The molecule has 0 spiro atoms. The predicted octanol–water partition coefficient (Wildman–Crippen LogP) is 1.98. The molecule has 15 heavy (non-hydrogen) atoms. The molecule has 0 aliphatic rings. The van der Waals surface area contributed by atoms with E-state index < -0.39 is 0 Å². The number of aromatic hydroxyl groups is 2. The van der Waals surface area contributed by atoms with Gasteiger partial charge >= 0.3 is 0 Å². The van der Waals surface area contributed by atoms with Crippen LogP contribution in [0.15, 0.2) is 22.8 Å². The lowest BCUT2D eigenvalue weighted by Crippen LogP contribution is -1.96. The van der Waals surface area contributed by atoms with E-state index in [0.29, 0.717) is 16.5 Å². The first-order valence-electron chi connectivity index (χ1n) is 4.50. The monoisotopic (exact) mass is 206 g/mol. The molecular weight excluding hydrogens is 196 g/mol. The van der Waals surface area contributed by atoms with E-state index in [-0.39, 0.29) is 23.7 Å². The fraction of sp³-hybridized carbons (Fsp3) is 0.182. The molecule has 0 bridgehead atoms. The van der Waals surface area contributed by atoms with Gasteiger partial charge in [0.15, 0.2) is 11.5 Å². The Balaban J connectivity index is 2.68. The summed E-state index contributed by atoms with van der Waals surface area (Å²) in [5.74, 6) is -0.482. The molecule has 4 nitrogen and oxygen atoms in total. The summed E-state index contributed by atoms with van der Waals surface area (Å²) < 4.78 is 5.16. The Bertz CT molecular complexity index is 525. The van der Waals surface area contributed by atoms with E-state index in [1.165, 1.54) is 19.3 Å². The lowest BCUT2D eigenvalue weighted by molar-refractivity contribution is -0.116. The van der Waals surface area contributed by atoms with Crippen LogP contribution in [0.1, 0.15) is 12.5 Å². The van der Waals surface area contributed by atoms with E-state index in [0.717, 1.165) is 0 Å². The minimum absolute atomic E-state index is 0.0298. The fourth-order valence-electron chi connectivity index (χ4n) is 1.58. The number of rotatable bonds is 2. The van der Waals surface area contributed by atoms with Crippen LogP contribution < -0.4 is 0 Å². The third-order valence-corrected chi connectivity index (χ3v) is 2.20. The molecule has 0 atom stereocenters. The Morgan fingerprint density at radius 1 is 1.47 bits per heavy atom. The normalized spacial score (nSPS) is 10.7. The number of Topliss-reactive ketones (excluding diaryl/α,β-unsaturated/α-hetero) is 1. The fourth-order valence-corrected chi connectivity index (χ4v) is 1.58. The highest BCUT2D eigenvalue weighted by atomic mass is 16.3. The van der Waals surface area contributed by atoms with Gasteiger partial charge in [-0.05, 0) is 19.1 Å². The molecule has 78 valence electrons. The molecule has 0 saturated heterocycles. The van der Waals surface area contributed by atoms with Gasteiger partial charge in [0, 0.05) is 12.0 Å². The average Bonchev–Trinajstić information content (AvgIpc) is 2.61. The van der Waals surface area contributed by atoms with Crippen LogP contribution in [-0.4, -0.2) is 16.0 Å². The lowest BCUT2D eigenvalue weighted by atomic mass is 10.1. The van der Waals surface area contributed by atoms with Gasteiger partial charge in [0.25, 0.3) is 0 Å². The number of ketones is 1. The third-order valence-electron chi connectivity index (χ3n) is 2.20. The highest BCUT2D eigenvalue weighted by Crippen LogP contribution is 2.36. The van der Waals surface area contributed by atoms with Crippen LogP contribution in [0.4, 0.5) is 0 Å². The van der Waals surface area contributed by atoms with Crippen molar-refractivity contribution in [3.63, 3.8) is 0 Å². The topological polar surface area (TPSA) is 70.7 Å². The van der Waals surface area contributed by atoms with Crippen molar-refractivity contribution < 1.29 is 19.4 Å². The van der Waals surface area contributed by atoms with E-state index in [4.69, 9.17) is 4.42 Å². The molecular formula is C11H10O4. The lowest BCUT2D eigenvalue weighted by Gasteiger charge is -2.03. The van der Waals surface area contributed by atoms with E-state index in [2.05, 4.69) is 0 Å². The van der Waals surface area contributed by atoms with Crippen molar-refractivity contribution in [1.29, 1.82) is 0 Å². The second-order valence-electron chi connectivity index (χ2n) is 3.45. The minimum Gasteiger partial charge on any atom is -0.504 e. The molecule has 2 aromatic rings. The number of phenolic OH excluding ortho intramolecular Hbond substituents is 2. The minimum atomic E-state index is -0.236. The van der Waals surface area contributed by atoms with E-state index >= 15 is 0 Å². The molecule has 1 heterocycles. The Morgan fingerprint density at radius 2 is 2.20 bits per heavy atom. The molecule has 0 saturated carbocycles. The van der Waals surface area contributed by atoms with E-state index in [9.17, 15) is 15.0 Å². The Hall–Kier alpha value is -1.97. The predicted molar refractivity (Wildman–Crippen MR) is 53.9 cm³/mol. The Morgan fingerprint density at radius 3 is 2.87 bits per heavy atom. The van der Waals surface area contributed by atoms with Gasteiger partial charge in [0.2, 0.25) is 0 Å². The highest BCUT2D eigenvalue weighted by Gasteiger charge is 2.14. The largest absolute Gasteiger partial charge is 0.504 e. The van der Waals surface area contributed by atoms with Gasteiger partial charge in [-0.3, -0.25) is 4.79 Å². The second kappa shape index (κ2) is 3.31. The number of hydrogen-bond acceptors (Lipinski definition) is 4. The van der Waals surface area contributed by atoms with Crippen molar-refractivity contribution in [2.75, 3.05) is 0 Å². The summed E-state index contributed by atoms with van der Waals surface area (Å²) in [4.78, 5) is 11.0. The SMILES string of the molecule is CC(=O)Cc1cc(O)c(O)c2ccoc12. The van der Waals surface area contributed by atoms with Crippen LogP contribution in [-0.2, 0) is 11.2 Å². The first-order valence-corrected chi connectivity index (χ1v) is 4.50. The quantitative estimate of drug-likeness (QED) is 0.737. The Kier molecular flexibility index (Phi) is 2.11. The maximum Gasteiger partial charge on any atom is 0.168 e. The summed E-state index contributed by atoms with van der Waals surface area (Å²) in [6.45, 7) is 1.46. The zero-order valence-corrected chi connectivity index (χ0v) is 8.15. The van der Waals surface area contributed by atoms with Crippen LogP contribution in [0.3, 0.4) is 0 Å². The van der Waals surface area contributed by atoms with Gasteiger partial charge in [-0.2, -0.15) is 0 Å². The van der Waals surface area contributed by atoms with Gasteiger partial charge in [-0.25, -0.2) is 0 Å². The smallest absolute Gasteiger partial charge is 0.168 e. The molecule has 2 rings (SSSR count). The average molecular weight is 206 g/mol. The van der Waals surface area contributed by atoms with Crippen LogP contribution >= 0.6 is 0 Å². The first kappa shape index (κ1) is 9.58. The molecule has 0 aliphatic carbocycles. The van der Waals surface area contributed by atoms with Gasteiger partial charge < -0.3 is 14.6 Å². The molecule has 0 amide bonds. The van der Waals surface area contributed by atoms with Crippen LogP contribution in [0, 0.1) is 0 Å². The van der Waals surface area contributed by atoms with Gasteiger partial charge in [0.05, 0.1) is 11.6 Å². The number of carbonyl (C=O) groups is 1. The summed E-state index contributed by atoms with van der Waals surface area (Å²) >= 11 is 0. The van der Waals surface area contributed by atoms with Crippen molar-refractivity contribution in [1.82, 2.24) is 0 Å². The molecule has 0 unspecified atom stereocenters. The molecule has 0 fully saturated rings. The van der Waals surface area contributed by atoms with Crippen LogP contribution in [0.25, 0.3) is 11.0 Å². The molecule has 1 aromatic carbocycles. The maximum absolute atomic E-state index is 11.0. The van der Waals surface area contributed by atoms with Crippen molar-refractivity contribution in [3.8, 4) is 11.5 Å². The summed E-state index contributed by atoms with van der Waals surface area (Å²) in [6.07, 6.45) is 1.59. The molecule has 4 heteroatoms. The van der Waals surface area contributed by atoms with E-state index in [1.54, 1.807) is 6.07 Å². The Labute approximate surface area is 85.8 Å². The van der Waals surface area contributed by atoms with Gasteiger partial charge in [-0.15, -0.1) is 0 Å². The number of hydrogen-bond donors (Lipinski definition) is 2. The highest BCUT2D eigenvalue weighted by molar-refractivity contribution is 5.92.